The number of carbonyl (C=O) groups excluding carboxylic acids is 1. The first kappa shape index (κ1) is 28.2. The zero-order chi connectivity index (χ0) is 27.8. The van der Waals surface area contributed by atoms with Gasteiger partial charge in [0.2, 0.25) is 0 Å². The van der Waals surface area contributed by atoms with Gasteiger partial charge in [-0.1, -0.05) is 44.2 Å². The Hall–Kier alpha value is -4.33. The first-order chi connectivity index (χ1) is 18.1. The number of aliphatic hydroxyl groups is 2. The van der Waals surface area contributed by atoms with E-state index in [0.29, 0.717) is 22.6 Å². The molecule has 0 fully saturated rings. The van der Waals surface area contributed by atoms with Crippen molar-refractivity contribution in [3.8, 4) is 5.69 Å². The Kier molecular flexibility index (Phi) is 9.49. The van der Waals surface area contributed by atoms with E-state index >= 15 is 0 Å². The van der Waals surface area contributed by atoms with Gasteiger partial charge in [-0.3, -0.25) is 9.59 Å². The van der Waals surface area contributed by atoms with Crippen molar-refractivity contribution >= 4 is 23.6 Å². The number of carboxylic acids is 1. The standard InChI is InChI=1S/C28H29FN4O5/c1-17(2)26-24(13-12-22(34)14-23(35)15-25(36)37)33(21-10-6-19(29)7-11-21)32-27(26)28(38)31-16-18-4-8-20(30-3)9-5-18/h4-13,17,22-23,34-35H,14-16H2,1-2H3,(H,31,38)(H,36,37)/b13-12+/t22-,23-/m1/s1. The molecule has 1 amide bonds. The summed E-state index contributed by atoms with van der Waals surface area (Å²) in [6, 6.07) is 12.4. The Morgan fingerprint density at radius 2 is 1.79 bits per heavy atom. The summed E-state index contributed by atoms with van der Waals surface area (Å²) in [6.45, 7) is 11.0. The monoisotopic (exact) mass is 520 g/mol. The summed E-state index contributed by atoms with van der Waals surface area (Å²) in [5, 5.41) is 36.4. The molecule has 0 unspecified atom stereocenters. The molecule has 4 N–H and O–H groups in total. The van der Waals surface area contributed by atoms with Crippen LogP contribution in [0.25, 0.3) is 16.6 Å². The Morgan fingerprint density at radius 3 is 2.37 bits per heavy atom. The van der Waals surface area contributed by atoms with Crippen molar-refractivity contribution < 1.29 is 29.3 Å². The van der Waals surface area contributed by atoms with Gasteiger partial charge in [0.25, 0.3) is 5.91 Å². The molecule has 1 heterocycles. The van der Waals surface area contributed by atoms with Crippen molar-refractivity contribution in [3.05, 3.63) is 94.4 Å². The highest BCUT2D eigenvalue weighted by Crippen LogP contribution is 2.28. The second-order valence-corrected chi connectivity index (χ2v) is 9.07. The van der Waals surface area contributed by atoms with Crippen molar-refractivity contribution in [2.24, 2.45) is 0 Å². The third kappa shape index (κ3) is 7.35. The van der Waals surface area contributed by atoms with Crippen LogP contribution in [0, 0.1) is 12.4 Å². The molecule has 198 valence electrons. The third-order valence-electron chi connectivity index (χ3n) is 5.74. The number of rotatable bonds is 11. The van der Waals surface area contributed by atoms with Crippen LogP contribution in [0.5, 0.6) is 0 Å². The molecule has 0 bridgehead atoms. The van der Waals surface area contributed by atoms with E-state index < -0.39 is 36.3 Å². The van der Waals surface area contributed by atoms with Crippen LogP contribution in [0.15, 0.2) is 54.6 Å². The van der Waals surface area contributed by atoms with Crippen LogP contribution in [0.1, 0.15) is 59.9 Å². The lowest BCUT2D eigenvalue weighted by molar-refractivity contribution is -0.139. The first-order valence-corrected chi connectivity index (χ1v) is 12.0. The molecule has 0 spiro atoms. The van der Waals surface area contributed by atoms with Crippen LogP contribution < -0.4 is 5.32 Å². The highest BCUT2D eigenvalue weighted by Gasteiger charge is 2.25. The molecule has 2 aromatic carbocycles. The van der Waals surface area contributed by atoms with Gasteiger partial charge in [-0.15, -0.1) is 0 Å². The summed E-state index contributed by atoms with van der Waals surface area (Å²) in [5.74, 6) is -2.22. The van der Waals surface area contributed by atoms with E-state index in [4.69, 9.17) is 11.7 Å². The molecule has 38 heavy (non-hydrogen) atoms. The molecule has 0 aliphatic rings. The first-order valence-electron chi connectivity index (χ1n) is 12.0. The van der Waals surface area contributed by atoms with Gasteiger partial charge in [-0.25, -0.2) is 13.9 Å². The minimum atomic E-state index is -1.23. The number of aromatic nitrogens is 2. The largest absolute Gasteiger partial charge is 0.481 e. The third-order valence-corrected chi connectivity index (χ3v) is 5.74. The van der Waals surface area contributed by atoms with Crippen molar-refractivity contribution in [2.45, 2.75) is 51.4 Å². The molecule has 0 radical (unpaired) electrons. The number of nitrogens with one attached hydrogen (secondary N) is 1. The normalized spacial score (nSPS) is 12.9. The van der Waals surface area contributed by atoms with Crippen molar-refractivity contribution in [3.63, 3.8) is 0 Å². The van der Waals surface area contributed by atoms with E-state index in [2.05, 4.69) is 15.3 Å². The molecule has 0 aliphatic heterocycles. The predicted octanol–water partition coefficient (Wildman–Crippen LogP) is 4.22. The van der Waals surface area contributed by atoms with Gasteiger partial charge in [0, 0.05) is 18.5 Å². The van der Waals surface area contributed by atoms with E-state index in [0.717, 1.165) is 5.56 Å². The topological polar surface area (TPSA) is 129 Å². The lowest BCUT2D eigenvalue weighted by atomic mass is 9.98. The van der Waals surface area contributed by atoms with Crippen LogP contribution in [0.2, 0.25) is 0 Å². The smallest absolute Gasteiger partial charge is 0.305 e. The second-order valence-electron chi connectivity index (χ2n) is 9.07. The lowest BCUT2D eigenvalue weighted by Crippen LogP contribution is -2.24. The minimum absolute atomic E-state index is 0.155. The van der Waals surface area contributed by atoms with Crippen LogP contribution in [-0.2, 0) is 11.3 Å². The van der Waals surface area contributed by atoms with Gasteiger partial charge >= 0.3 is 5.97 Å². The fourth-order valence-corrected chi connectivity index (χ4v) is 3.92. The maximum Gasteiger partial charge on any atom is 0.305 e. The fourth-order valence-electron chi connectivity index (χ4n) is 3.92. The molecule has 0 saturated heterocycles. The number of aliphatic carboxylic acids is 1. The van der Waals surface area contributed by atoms with Gasteiger partial charge in [0.05, 0.1) is 36.6 Å². The number of aliphatic hydroxyl groups excluding tert-OH is 2. The second kappa shape index (κ2) is 12.8. The molecule has 10 heteroatoms. The van der Waals surface area contributed by atoms with E-state index in [1.807, 2.05) is 13.8 Å². The number of hydrogen-bond donors (Lipinski definition) is 4. The summed E-state index contributed by atoms with van der Waals surface area (Å²) < 4.78 is 15.1. The molecule has 3 rings (SSSR count). The number of halogens is 1. The molecule has 3 aromatic rings. The maximum atomic E-state index is 13.6. The zero-order valence-electron chi connectivity index (χ0n) is 21.0. The highest BCUT2D eigenvalue weighted by molar-refractivity contribution is 5.95. The number of carbonyl (C=O) groups is 2. The lowest BCUT2D eigenvalue weighted by Gasteiger charge is -2.12. The molecular formula is C28H29FN4O5. The number of hydrogen-bond acceptors (Lipinski definition) is 5. The quantitative estimate of drug-likeness (QED) is 0.280. The summed E-state index contributed by atoms with van der Waals surface area (Å²) >= 11 is 0. The van der Waals surface area contributed by atoms with Crippen LogP contribution >= 0.6 is 0 Å². The van der Waals surface area contributed by atoms with Crippen LogP contribution in [0.4, 0.5) is 10.1 Å². The molecule has 0 aliphatic carbocycles. The summed E-state index contributed by atoms with van der Waals surface area (Å²) in [7, 11) is 0. The van der Waals surface area contributed by atoms with E-state index in [1.165, 1.54) is 35.0 Å². The van der Waals surface area contributed by atoms with E-state index in [9.17, 15) is 24.2 Å². The average Bonchev–Trinajstić information content (AvgIpc) is 3.26. The molecular weight excluding hydrogens is 491 g/mol. The van der Waals surface area contributed by atoms with Gasteiger partial charge in [0.15, 0.2) is 11.4 Å². The van der Waals surface area contributed by atoms with Gasteiger partial charge < -0.3 is 20.6 Å². The number of carboxylic acid groups (broad SMARTS) is 1. The minimum Gasteiger partial charge on any atom is -0.481 e. The molecule has 1 aromatic heterocycles. The van der Waals surface area contributed by atoms with Gasteiger partial charge in [-0.2, -0.15) is 5.10 Å². The molecule has 2 atom stereocenters. The average molecular weight is 521 g/mol. The summed E-state index contributed by atoms with van der Waals surface area (Å²) in [6.07, 6.45) is -0.122. The van der Waals surface area contributed by atoms with Gasteiger partial charge in [-0.05, 0) is 41.8 Å². The number of benzene rings is 2. The van der Waals surface area contributed by atoms with E-state index in [-0.39, 0.29) is 24.6 Å². The molecule has 9 nitrogen and oxygen atoms in total. The Morgan fingerprint density at radius 1 is 1.13 bits per heavy atom. The zero-order valence-corrected chi connectivity index (χ0v) is 21.0. The fraction of sp³-hybridized carbons (Fsp3) is 0.286. The van der Waals surface area contributed by atoms with Crippen molar-refractivity contribution in [1.82, 2.24) is 15.1 Å². The SMILES string of the molecule is [C-]#[N+]c1ccc(CNC(=O)c2nn(-c3ccc(F)cc3)c(/C=C/[C@@H](O)C[C@@H](O)CC(=O)O)c2C(C)C)cc1. The Labute approximate surface area is 219 Å². The Bertz CT molecular complexity index is 1340. The highest BCUT2D eigenvalue weighted by atomic mass is 19.1. The van der Waals surface area contributed by atoms with Crippen molar-refractivity contribution in [1.29, 1.82) is 0 Å². The van der Waals surface area contributed by atoms with E-state index in [1.54, 1.807) is 30.3 Å². The predicted molar refractivity (Wildman–Crippen MR) is 139 cm³/mol. The van der Waals surface area contributed by atoms with Crippen LogP contribution in [0.3, 0.4) is 0 Å². The number of amides is 1. The molecule has 0 saturated carbocycles. The summed E-state index contributed by atoms with van der Waals surface area (Å²) in [4.78, 5) is 27.4. The van der Waals surface area contributed by atoms with Crippen LogP contribution in [-0.4, -0.2) is 49.2 Å². The maximum absolute atomic E-state index is 13.6. The van der Waals surface area contributed by atoms with Crippen molar-refractivity contribution in [2.75, 3.05) is 0 Å². The number of nitrogens with zero attached hydrogens (tertiary/aromatic N) is 3. The Balaban J connectivity index is 1.96. The van der Waals surface area contributed by atoms with Gasteiger partial charge in [0.1, 0.15) is 5.82 Å². The summed E-state index contributed by atoms with van der Waals surface area (Å²) in [5.41, 5.74) is 3.01.